The zero-order valence-electron chi connectivity index (χ0n) is 18.5. The summed E-state index contributed by atoms with van der Waals surface area (Å²) in [5.74, 6) is 2.44. The number of hydrogen-bond donors (Lipinski definition) is 1. The maximum atomic E-state index is 5.97. The molecule has 2 fully saturated rings. The van der Waals surface area contributed by atoms with Crippen LogP contribution >= 0.6 is 24.0 Å². The SMILES string of the molecule is CN=C(NCC1CCN(c2cccc(OC)c2)C1)N1CCOC(c2cnn(C)c2)C1.I. The van der Waals surface area contributed by atoms with Crippen molar-refractivity contribution >= 4 is 35.6 Å². The van der Waals surface area contributed by atoms with Gasteiger partial charge in [-0.25, -0.2) is 0 Å². The van der Waals surface area contributed by atoms with Crippen LogP contribution in [0.15, 0.2) is 41.7 Å². The summed E-state index contributed by atoms with van der Waals surface area (Å²) < 4.78 is 13.2. The number of rotatable bonds is 5. The second-order valence-corrected chi connectivity index (χ2v) is 7.98. The maximum absolute atomic E-state index is 5.97. The quantitative estimate of drug-likeness (QED) is 0.358. The van der Waals surface area contributed by atoms with Crippen LogP contribution in [0.3, 0.4) is 0 Å². The van der Waals surface area contributed by atoms with Crippen molar-refractivity contribution in [3.05, 3.63) is 42.2 Å². The number of hydrogen-bond acceptors (Lipinski definition) is 5. The Morgan fingerprint density at radius 1 is 1.32 bits per heavy atom. The van der Waals surface area contributed by atoms with Gasteiger partial charge in [0.05, 0.1) is 26.5 Å². The van der Waals surface area contributed by atoms with Gasteiger partial charge in [0.1, 0.15) is 11.9 Å². The van der Waals surface area contributed by atoms with E-state index in [1.807, 2.05) is 37.2 Å². The monoisotopic (exact) mass is 540 g/mol. The minimum atomic E-state index is 0. The molecule has 0 aliphatic carbocycles. The Kier molecular flexibility index (Phi) is 8.42. The Morgan fingerprint density at radius 3 is 2.94 bits per heavy atom. The fourth-order valence-electron chi connectivity index (χ4n) is 4.26. The molecule has 170 valence electrons. The predicted molar refractivity (Wildman–Crippen MR) is 134 cm³/mol. The third kappa shape index (κ3) is 5.82. The number of benzene rings is 1. The van der Waals surface area contributed by atoms with Crippen molar-refractivity contribution in [2.24, 2.45) is 18.0 Å². The summed E-state index contributed by atoms with van der Waals surface area (Å²) in [4.78, 5) is 9.25. The normalized spacial score (nSPS) is 21.7. The summed E-state index contributed by atoms with van der Waals surface area (Å²) in [6, 6.07) is 8.31. The lowest BCUT2D eigenvalue weighted by atomic mass is 10.1. The van der Waals surface area contributed by atoms with Crippen LogP contribution in [0.4, 0.5) is 5.69 Å². The molecule has 1 aromatic carbocycles. The number of anilines is 1. The standard InChI is InChI=1S/C22H32N6O2.HI/c1-23-22(28-9-10-30-21(16-28)18-13-25-26(2)15-18)24-12-17-7-8-27(14-17)19-5-4-6-20(11-19)29-3;/h4-6,11,13,15,17,21H,7-10,12,14,16H2,1-3H3,(H,23,24);1H. The van der Waals surface area contributed by atoms with Crippen LogP contribution in [0.1, 0.15) is 18.1 Å². The van der Waals surface area contributed by atoms with E-state index in [-0.39, 0.29) is 30.1 Å². The smallest absolute Gasteiger partial charge is 0.193 e. The zero-order chi connectivity index (χ0) is 20.9. The summed E-state index contributed by atoms with van der Waals surface area (Å²) in [6.45, 7) is 5.34. The molecule has 8 nitrogen and oxygen atoms in total. The van der Waals surface area contributed by atoms with Crippen LogP contribution in [0.5, 0.6) is 5.75 Å². The van der Waals surface area contributed by atoms with Gasteiger partial charge in [-0.2, -0.15) is 5.10 Å². The van der Waals surface area contributed by atoms with E-state index in [9.17, 15) is 0 Å². The largest absolute Gasteiger partial charge is 0.497 e. The number of halogens is 1. The number of nitrogens with zero attached hydrogens (tertiary/aromatic N) is 5. The molecule has 3 heterocycles. The van der Waals surface area contributed by atoms with Gasteiger partial charge in [0, 0.05) is 63.8 Å². The van der Waals surface area contributed by atoms with E-state index in [0.29, 0.717) is 12.5 Å². The molecular formula is C22H33IN6O2. The number of aliphatic imine (C=N–C) groups is 1. The summed E-state index contributed by atoms with van der Waals surface area (Å²) >= 11 is 0. The second-order valence-electron chi connectivity index (χ2n) is 7.98. The van der Waals surface area contributed by atoms with Crippen molar-refractivity contribution in [1.29, 1.82) is 0 Å². The van der Waals surface area contributed by atoms with Gasteiger partial charge >= 0.3 is 0 Å². The van der Waals surface area contributed by atoms with Crippen molar-refractivity contribution < 1.29 is 9.47 Å². The lowest BCUT2D eigenvalue weighted by Crippen LogP contribution is -2.49. The Bertz CT molecular complexity index is 873. The van der Waals surface area contributed by atoms with Gasteiger partial charge in [0.15, 0.2) is 5.96 Å². The summed E-state index contributed by atoms with van der Waals surface area (Å²) in [6.07, 6.45) is 5.11. The second kappa shape index (κ2) is 11.0. The lowest BCUT2D eigenvalue weighted by Gasteiger charge is -2.35. The number of guanidine groups is 1. The van der Waals surface area contributed by atoms with Crippen LogP contribution in [0.25, 0.3) is 0 Å². The highest BCUT2D eigenvalue weighted by molar-refractivity contribution is 14.0. The van der Waals surface area contributed by atoms with E-state index < -0.39 is 0 Å². The first-order valence-electron chi connectivity index (χ1n) is 10.6. The predicted octanol–water partition coefficient (Wildman–Crippen LogP) is 2.52. The topological polar surface area (TPSA) is 67.2 Å². The third-order valence-corrected chi connectivity index (χ3v) is 5.93. The Labute approximate surface area is 201 Å². The van der Waals surface area contributed by atoms with Crippen LogP contribution in [-0.2, 0) is 11.8 Å². The van der Waals surface area contributed by atoms with Crippen LogP contribution in [0.2, 0.25) is 0 Å². The molecule has 1 N–H and O–H groups in total. The van der Waals surface area contributed by atoms with Gasteiger partial charge in [-0.3, -0.25) is 9.67 Å². The Morgan fingerprint density at radius 2 is 2.19 bits per heavy atom. The molecule has 0 spiro atoms. The summed E-state index contributed by atoms with van der Waals surface area (Å²) in [5.41, 5.74) is 2.34. The lowest BCUT2D eigenvalue weighted by molar-refractivity contribution is -0.00806. The first-order valence-corrected chi connectivity index (χ1v) is 10.6. The minimum absolute atomic E-state index is 0. The molecule has 0 bridgehead atoms. The van der Waals surface area contributed by atoms with Crippen molar-refractivity contribution in [2.45, 2.75) is 12.5 Å². The van der Waals surface area contributed by atoms with Gasteiger partial charge < -0.3 is 24.6 Å². The van der Waals surface area contributed by atoms with Crippen LogP contribution in [0, 0.1) is 5.92 Å². The maximum Gasteiger partial charge on any atom is 0.193 e. The molecule has 4 rings (SSSR count). The number of aryl methyl sites for hydroxylation is 1. The molecular weight excluding hydrogens is 507 g/mol. The Balaban J connectivity index is 0.00000272. The molecule has 2 aromatic rings. The molecule has 2 aliphatic rings. The molecule has 0 saturated carbocycles. The fraction of sp³-hybridized carbons (Fsp3) is 0.545. The number of nitrogens with one attached hydrogen (secondary N) is 1. The molecule has 2 atom stereocenters. The molecule has 2 saturated heterocycles. The highest BCUT2D eigenvalue weighted by Gasteiger charge is 2.27. The average Bonchev–Trinajstić information content (AvgIpc) is 3.44. The molecule has 9 heteroatoms. The highest BCUT2D eigenvalue weighted by atomic mass is 127. The van der Waals surface area contributed by atoms with E-state index in [1.165, 1.54) is 12.1 Å². The summed E-state index contributed by atoms with van der Waals surface area (Å²) in [5, 5.41) is 7.87. The zero-order valence-corrected chi connectivity index (χ0v) is 20.9. The van der Waals surface area contributed by atoms with Gasteiger partial charge in [-0.15, -0.1) is 24.0 Å². The van der Waals surface area contributed by atoms with Gasteiger partial charge in [0.25, 0.3) is 0 Å². The molecule has 2 aliphatic heterocycles. The number of ether oxygens (including phenoxy) is 2. The first-order chi connectivity index (χ1) is 14.7. The van der Waals surface area contributed by atoms with Gasteiger partial charge in [-0.1, -0.05) is 6.07 Å². The molecule has 1 aromatic heterocycles. The molecule has 0 amide bonds. The van der Waals surface area contributed by atoms with Crippen LogP contribution in [-0.4, -0.2) is 74.1 Å². The minimum Gasteiger partial charge on any atom is -0.497 e. The molecule has 31 heavy (non-hydrogen) atoms. The first kappa shape index (κ1) is 23.6. The Hall–Kier alpha value is -2.01. The van der Waals surface area contributed by atoms with E-state index in [4.69, 9.17) is 9.47 Å². The van der Waals surface area contributed by atoms with Crippen molar-refractivity contribution in [3.8, 4) is 5.75 Å². The van der Waals surface area contributed by atoms with E-state index >= 15 is 0 Å². The highest BCUT2D eigenvalue weighted by Crippen LogP contribution is 2.27. The average molecular weight is 540 g/mol. The summed E-state index contributed by atoms with van der Waals surface area (Å²) in [7, 11) is 5.50. The van der Waals surface area contributed by atoms with Crippen molar-refractivity contribution in [3.63, 3.8) is 0 Å². The van der Waals surface area contributed by atoms with E-state index in [0.717, 1.165) is 50.0 Å². The number of morpholine rings is 1. The molecule has 2 unspecified atom stereocenters. The van der Waals surface area contributed by atoms with Crippen LogP contribution < -0.4 is 15.0 Å². The van der Waals surface area contributed by atoms with Gasteiger partial charge in [0.2, 0.25) is 0 Å². The van der Waals surface area contributed by atoms with Crippen molar-refractivity contribution in [2.75, 3.05) is 58.4 Å². The number of methoxy groups -OCH3 is 1. The third-order valence-electron chi connectivity index (χ3n) is 5.93. The van der Waals surface area contributed by atoms with E-state index in [1.54, 1.807) is 7.11 Å². The molecule has 0 radical (unpaired) electrons. The fourth-order valence-corrected chi connectivity index (χ4v) is 4.26. The number of aromatic nitrogens is 2. The van der Waals surface area contributed by atoms with Gasteiger partial charge in [-0.05, 0) is 24.5 Å². The van der Waals surface area contributed by atoms with Crippen molar-refractivity contribution in [1.82, 2.24) is 20.0 Å². The van der Waals surface area contributed by atoms with E-state index in [2.05, 4.69) is 43.4 Å².